The first-order valence-electron chi connectivity index (χ1n) is 4.70. The second kappa shape index (κ2) is 4.45. The molecule has 16 heavy (non-hydrogen) atoms. The van der Waals surface area contributed by atoms with Crippen molar-refractivity contribution in [1.82, 2.24) is 10.1 Å². The molecule has 0 saturated heterocycles. The molecule has 0 unspecified atom stereocenters. The van der Waals surface area contributed by atoms with Crippen molar-refractivity contribution >= 4 is 0 Å². The van der Waals surface area contributed by atoms with E-state index in [-0.39, 0.29) is 6.08 Å². The lowest BCUT2D eigenvalue weighted by Crippen LogP contribution is -1.95. The molecule has 0 radical (unpaired) electrons. The summed E-state index contributed by atoms with van der Waals surface area (Å²) < 4.78 is 10.1. The van der Waals surface area contributed by atoms with E-state index in [0.717, 1.165) is 5.56 Å². The van der Waals surface area contributed by atoms with E-state index in [2.05, 4.69) is 10.1 Å². The molecular weight excluding hydrogens is 206 g/mol. The Morgan fingerprint density at radius 2 is 2.12 bits per heavy atom. The van der Waals surface area contributed by atoms with Gasteiger partial charge in [0.25, 0.3) is 0 Å². The minimum atomic E-state index is 0.154. The summed E-state index contributed by atoms with van der Waals surface area (Å²) >= 11 is 0. The monoisotopic (exact) mass is 215 g/mol. The van der Waals surface area contributed by atoms with Gasteiger partial charge >= 0.3 is 6.08 Å². The average molecular weight is 215 g/mol. The third kappa shape index (κ3) is 2.36. The van der Waals surface area contributed by atoms with E-state index >= 15 is 0 Å². The first kappa shape index (κ1) is 10.2. The van der Waals surface area contributed by atoms with Gasteiger partial charge in [-0.3, -0.25) is 4.52 Å². The summed E-state index contributed by atoms with van der Waals surface area (Å²) in [5, 5.41) is 12.2. The zero-order valence-electron chi connectivity index (χ0n) is 8.67. The van der Waals surface area contributed by atoms with E-state index in [0.29, 0.717) is 18.0 Å². The Bertz CT molecular complexity index is 511. The summed E-state index contributed by atoms with van der Waals surface area (Å²) in [5.41, 5.74) is 1.56. The van der Waals surface area contributed by atoms with Crippen LogP contribution in [0.5, 0.6) is 6.08 Å². The maximum absolute atomic E-state index is 8.62. The Balaban J connectivity index is 1.97. The quantitative estimate of drug-likeness (QED) is 0.780. The predicted octanol–water partition coefficient (Wildman–Crippen LogP) is 1.83. The highest BCUT2D eigenvalue weighted by Crippen LogP contribution is 2.10. The van der Waals surface area contributed by atoms with Crippen LogP contribution in [0.25, 0.3) is 0 Å². The number of hydrogen-bond acceptors (Lipinski definition) is 5. The van der Waals surface area contributed by atoms with Crippen LogP contribution in [0, 0.1) is 18.3 Å². The molecule has 1 aromatic heterocycles. The SMILES string of the molecule is Cc1noc(OCc2ccc(C#N)cc2)n1. The van der Waals surface area contributed by atoms with Crippen molar-refractivity contribution in [3.05, 3.63) is 41.2 Å². The van der Waals surface area contributed by atoms with Gasteiger partial charge in [-0.15, -0.1) is 0 Å². The molecule has 1 heterocycles. The van der Waals surface area contributed by atoms with E-state index in [1.807, 2.05) is 18.2 Å². The predicted molar refractivity (Wildman–Crippen MR) is 54.5 cm³/mol. The van der Waals surface area contributed by atoms with Crippen molar-refractivity contribution in [3.8, 4) is 12.1 Å². The van der Waals surface area contributed by atoms with Gasteiger partial charge in [0.1, 0.15) is 6.61 Å². The molecule has 0 amide bonds. The van der Waals surface area contributed by atoms with Crippen molar-refractivity contribution in [1.29, 1.82) is 5.26 Å². The number of rotatable bonds is 3. The number of nitrogens with zero attached hydrogens (tertiary/aromatic N) is 3. The number of nitriles is 1. The fourth-order valence-electron chi connectivity index (χ4n) is 1.16. The molecule has 80 valence electrons. The van der Waals surface area contributed by atoms with Gasteiger partial charge < -0.3 is 4.74 Å². The van der Waals surface area contributed by atoms with Gasteiger partial charge in [0.15, 0.2) is 5.82 Å². The number of aromatic nitrogens is 2. The average Bonchev–Trinajstić information content (AvgIpc) is 2.73. The molecule has 2 rings (SSSR count). The van der Waals surface area contributed by atoms with Crippen LogP contribution in [0.3, 0.4) is 0 Å². The number of aryl methyl sites for hydroxylation is 1. The lowest BCUT2D eigenvalue weighted by atomic mass is 10.2. The van der Waals surface area contributed by atoms with Crippen LogP contribution in [0.15, 0.2) is 28.8 Å². The Labute approximate surface area is 92.3 Å². The Hall–Kier alpha value is -2.35. The van der Waals surface area contributed by atoms with Gasteiger partial charge in [-0.1, -0.05) is 17.3 Å². The zero-order chi connectivity index (χ0) is 11.4. The van der Waals surface area contributed by atoms with Crippen LogP contribution in [-0.4, -0.2) is 10.1 Å². The van der Waals surface area contributed by atoms with Crippen molar-refractivity contribution in [3.63, 3.8) is 0 Å². The fraction of sp³-hybridized carbons (Fsp3) is 0.182. The Kier molecular flexibility index (Phi) is 2.83. The molecule has 0 N–H and O–H groups in total. The van der Waals surface area contributed by atoms with E-state index in [4.69, 9.17) is 14.5 Å². The van der Waals surface area contributed by atoms with Gasteiger partial charge in [-0.2, -0.15) is 10.2 Å². The highest BCUT2D eigenvalue weighted by atomic mass is 16.6. The number of benzene rings is 1. The standard InChI is InChI=1S/C11H9N3O2/c1-8-13-11(16-14-8)15-7-10-4-2-9(6-12)3-5-10/h2-5H,7H2,1H3. The summed E-state index contributed by atoms with van der Waals surface area (Å²) in [6, 6.07) is 9.16. The Morgan fingerprint density at radius 3 is 2.69 bits per heavy atom. The molecule has 2 aromatic rings. The van der Waals surface area contributed by atoms with E-state index in [9.17, 15) is 0 Å². The van der Waals surface area contributed by atoms with Crippen LogP contribution in [0.2, 0.25) is 0 Å². The van der Waals surface area contributed by atoms with Crippen molar-refractivity contribution in [2.45, 2.75) is 13.5 Å². The van der Waals surface area contributed by atoms with Crippen molar-refractivity contribution in [2.75, 3.05) is 0 Å². The molecule has 0 aliphatic carbocycles. The molecule has 0 spiro atoms. The van der Waals surface area contributed by atoms with Crippen LogP contribution in [0.4, 0.5) is 0 Å². The molecule has 0 saturated carbocycles. The van der Waals surface area contributed by atoms with Gasteiger partial charge in [0.05, 0.1) is 11.6 Å². The van der Waals surface area contributed by atoms with Gasteiger partial charge in [-0.25, -0.2) is 0 Å². The van der Waals surface area contributed by atoms with E-state index in [1.165, 1.54) is 0 Å². The molecule has 0 fully saturated rings. The lowest BCUT2D eigenvalue weighted by Gasteiger charge is -2.00. The maximum atomic E-state index is 8.62. The van der Waals surface area contributed by atoms with Gasteiger partial charge in [-0.05, 0) is 24.6 Å². The summed E-state index contributed by atoms with van der Waals surface area (Å²) in [7, 11) is 0. The van der Waals surface area contributed by atoms with Crippen molar-refractivity contribution < 1.29 is 9.26 Å². The number of ether oxygens (including phenoxy) is 1. The minimum Gasteiger partial charge on any atom is -0.444 e. The molecule has 1 aromatic carbocycles. The second-order valence-corrected chi connectivity index (χ2v) is 3.20. The largest absolute Gasteiger partial charge is 0.444 e. The molecule has 0 atom stereocenters. The first-order valence-corrected chi connectivity index (χ1v) is 4.70. The summed E-state index contributed by atoms with van der Waals surface area (Å²) in [5.74, 6) is 0.537. The van der Waals surface area contributed by atoms with Gasteiger partial charge in [0, 0.05) is 0 Å². The van der Waals surface area contributed by atoms with Crippen LogP contribution >= 0.6 is 0 Å². The number of hydrogen-bond donors (Lipinski definition) is 0. The third-order valence-electron chi connectivity index (χ3n) is 1.95. The van der Waals surface area contributed by atoms with E-state index < -0.39 is 0 Å². The van der Waals surface area contributed by atoms with Gasteiger partial charge in [0.2, 0.25) is 0 Å². The highest BCUT2D eigenvalue weighted by Gasteiger charge is 2.03. The minimum absolute atomic E-state index is 0.154. The summed E-state index contributed by atoms with van der Waals surface area (Å²) in [4.78, 5) is 3.91. The molecule has 0 bridgehead atoms. The summed E-state index contributed by atoms with van der Waals surface area (Å²) in [6.07, 6.45) is 0.154. The molecular formula is C11H9N3O2. The van der Waals surface area contributed by atoms with E-state index in [1.54, 1.807) is 19.1 Å². The molecule has 0 aliphatic rings. The third-order valence-corrected chi connectivity index (χ3v) is 1.95. The molecule has 5 nitrogen and oxygen atoms in total. The second-order valence-electron chi connectivity index (χ2n) is 3.20. The first-order chi connectivity index (χ1) is 7.78. The summed E-state index contributed by atoms with van der Waals surface area (Å²) in [6.45, 7) is 2.06. The lowest BCUT2D eigenvalue weighted by molar-refractivity contribution is 0.195. The molecule has 5 heteroatoms. The fourth-order valence-corrected chi connectivity index (χ4v) is 1.16. The topological polar surface area (TPSA) is 71.9 Å². The molecule has 0 aliphatic heterocycles. The highest BCUT2D eigenvalue weighted by molar-refractivity contribution is 5.31. The van der Waals surface area contributed by atoms with Crippen LogP contribution in [-0.2, 0) is 6.61 Å². The smallest absolute Gasteiger partial charge is 0.417 e. The Morgan fingerprint density at radius 1 is 1.38 bits per heavy atom. The zero-order valence-corrected chi connectivity index (χ0v) is 8.67. The normalized spacial score (nSPS) is 9.75. The van der Waals surface area contributed by atoms with Crippen LogP contribution < -0.4 is 4.74 Å². The van der Waals surface area contributed by atoms with Crippen molar-refractivity contribution in [2.24, 2.45) is 0 Å². The maximum Gasteiger partial charge on any atom is 0.417 e. The van der Waals surface area contributed by atoms with Crippen LogP contribution in [0.1, 0.15) is 17.0 Å².